The molecule has 0 radical (unpaired) electrons. The molecule has 1 N–H and O–H groups in total. The monoisotopic (exact) mass is 213 g/mol. The van der Waals surface area contributed by atoms with Crippen molar-refractivity contribution in [3.05, 3.63) is 42.0 Å². The van der Waals surface area contributed by atoms with Crippen LogP contribution in [0.4, 0.5) is 0 Å². The first kappa shape index (κ1) is 12.1. The van der Waals surface area contributed by atoms with Crippen molar-refractivity contribution in [2.45, 2.75) is 19.4 Å². The van der Waals surface area contributed by atoms with Crippen LogP contribution in [0.3, 0.4) is 0 Å². The van der Waals surface area contributed by atoms with Gasteiger partial charge in [0.05, 0.1) is 0 Å². The Morgan fingerprint density at radius 3 is 2.81 bits per heavy atom. The molecule has 0 bridgehead atoms. The molecule has 0 spiro atoms. The molecule has 1 unspecified atom stereocenters. The van der Waals surface area contributed by atoms with Gasteiger partial charge in [0.15, 0.2) is 0 Å². The summed E-state index contributed by atoms with van der Waals surface area (Å²) >= 11 is 0. The van der Waals surface area contributed by atoms with Crippen LogP contribution in [0.25, 0.3) is 6.08 Å². The fourth-order valence-corrected chi connectivity index (χ4v) is 1.25. The van der Waals surface area contributed by atoms with Gasteiger partial charge in [-0.05, 0) is 18.6 Å². The normalized spacial score (nSPS) is 12.0. The number of rotatable bonds is 4. The molecular weight excluding hydrogens is 198 g/mol. The number of carbonyl (C=O) groups excluding carboxylic acids is 1. The van der Waals surface area contributed by atoms with Crippen molar-refractivity contribution in [2.75, 3.05) is 0 Å². The van der Waals surface area contributed by atoms with E-state index in [4.69, 9.17) is 6.42 Å². The minimum atomic E-state index is -0.119. The molecule has 1 atom stereocenters. The van der Waals surface area contributed by atoms with Crippen LogP contribution in [0, 0.1) is 12.3 Å². The smallest absolute Gasteiger partial charge is 0.244 e. The average Bonchev–Trinajstić information content (AvgIpc) is 2.28. The molecule has 16 heavy (non-hydrogen) atoms. The topological polar surface area (TPSA) is 29.1 Å². The molecule has 0 aliphatic carbocycles. The predicted octanol–water partition coefficient (Wildman–Crippen LogP) is 2.23. The largest absolute Gasteiger partial charge is 0.349 e. The molecule has 0 aliphatic heterocycles. The maximum absolute atomic E-state index is 11.4. The van der Waals surface area contributed by atoms with E-state index in [0.717, 1.165) is 5.56 Å². The molecule has 0 fully saturated rings. The molecule has 1 rings (SSSR count). The quantitative estimate of drug-likeness (QED) is 0.603. The van der Waals surface area contributed by atoms with Crippen LogP contribution in [-0.2, 0) is 4.79 Å². The van der Waals surface area contributed by atoms with Crippen molar-refractivity contribution >= 4 is 12.0 Å². The highest BCUT2D eigenvalue weighted by atomic mass is 16.1. The van der Waals surface area contributed by atoms with E-state index in [1.54, 1.807) is 6.08 Å². The summed E-state index contributed by atoms with van der Waals surface area (Å²) in [4.78, 5) is 11.4. The summed E-state index contributed by atoms with van der Waals surface area (Å²) < 4.78 is 0. The lowest BCUT2D eigenvalue weighted by Gasteiger charge is -2.07. The molecule has 0 aromatic heterocycles. The lowest BCUT2D eigenvalue weighted by molar-refractivity contribution is -0.116. The van der Waals surface area contributed by atoms with E-state index in [9.17, 15) is 4.79 Å². The fraction of sp³-hybridized carbons (Fsp3) is 0.214. The summed E-state index contributed by atoms with van der Waals surface area (Å²) in [5, 5.41) is 2.78. The second-order valence-electron chi connectivity index (χ2n) is 3.56. The van der Waals surface area contributed by atoms with E-state index >= 15 is 0 Å². The number of hydrogen-bond acceptors (Lipinski definition) is 1. The summed E-state index contributed by atoms with van der Waals surface area (Å²) in [7, 11) is 0. The van der Waals surface area contributed by atoms with Crippen LogP contribution < -0.4 is 5.32 Å². The Bertz CT molecular complexity index is 400. The maximum atomic E-state index is 11.4. The van der Waals surface area contributed by atoms with Gasteiger partial charge in [-0.25, -0.2) is 0 Å². The fourth-order valence-electron chi connectivity index (χ4n) is 1.25. The Morgan fingerprint density at radius 1 is 1.50 bits per heavy atom. The Hall–Kier alpha value is -2.01. The molecule has 0 saturated heterocycles. The van der Waals surface area contributed by atoms with Gasteiger partial charge >= 0.3 is 0 Å². The molecule has 1 aromatic rings. The average molecular weight is 213 g/mol. The van der Waals surface area contributed by atoms with Crippen LogP contribution in [0.5, 0.6) is 0 Å². The van der Waals surface area contributed by atoms with E-state index in [1.165, 1.54) is 6.08 Å². The van der Waals surface area contributed by atoms with Crippen molar-refractivity contribution in [3.8, 4) is 12.3 Å². The van der Waals surface area contributed by atoms with Gasteiger partial charge in [-0.1, -0.05) is 30.3 Å². The Balaban J connectivity index is 2.46. The molecule has 1 aromatic carbocycles. The van der Waals surface area contributed by atoms with Gasteiger partial charge in [0.1, 0.15) is 0 Å². The number of terminal acetylenes is 1. The summed E-state index contributed by atoms with van der Waals surface area (Å²) in [6.07, 6.45) is 8.99. The van der Waals surface area contributed by atoms with Gasteiger partial charge in [0.25, 0.3) is 0 Å². The Morgan fingerprint density at radius 2 is 2.19 bits per heavy atom. The summed E-state index contributed by atoms with van der Waals surface area (Å²) in [6.45, 7) is 1.88. The highest BCUT2D eigenvalue weighted by Crippen LogP contribution is 2.00. The van der Waals surface area contributed by atoms with Crippen LogP contribution in [0.1, 0.15) is 18.9 Å². The van der Waals surface area contributed by atoms with Gasteiger partial charge in [-0.3, -0.25) is 4.79 Å². The van der Waals surface area contributed by atoms with E-state index < -0.39 is 0 Å². The molecule has 0 heterocycles. The molecule has 82 valence electrons. The molecule has 2 nitrogen and oxygen atoms in total. The lowest BCUT2D eigenvalue weighted by atomic mass is 10.2. The van der Waals surface area contributed by atoms with Crippen molar-refractivity contribution in [1.82, 2.24) is 5.32 Å². The zero-order chi connectivity index (χ0) is 11.8. The van der Waals surface area contributed by atoms with Gasteiger partial charge < -0.3 is 5.32 Å². The SMILES string of the molecule is C#CCC(C)NC(=O)/C=C/c1ccccc1. The van der Waals surface area contributed by atoms with E-state index in [2.05, 4.69) is 11.2 Å². The molecule has 2 heteroatoms. The molecule has 0 aliphatic rings. The summed E-state index contributed by atoms with van der Waals surface area (Å²) in [5.74, 6) is 2.39. The number of amides is 1. The standard InChI is InChI=1S/C14H15NO/c1-3-7-12(2)15-14(16)11-10-13-8-5-4-6-9-13/h1,4-6,8-12H,7H2,2H3,(H,15,16)/b11-10+. The minimum absolute atomic E-state index is 0.0120. The van der Waals surface area contributed by atoms with Crippen LogP contribution >= 0.6 is 0 Å². The van der Waals surface area contributed by atoms with Gasteiger partial charge in [-0.15, -0.1) is 12.3 Å². The lowest BCUT2D eigenvalue weighted by Crippen LogP contribution is -2.30. The van der Waals surface area contributed by atoms with E-state index in [1.807, 2.05) is 37.3 Å². The van der Waals surface area contributed by atoms with Crippen LogP contribution in [-0.4, -0.2) is 11.9 Å². The first-order chi connectivity index (χ1) is 7.72. The summed E-state index contributed by atoms with van der Waals surface area (Å²) in [6, 6.07) is 9.69. The third kappa shape index (κ3) is 4.47. The van der Waals surface area contributed by atoms with Gasteiger partial charge in [-0.2, -0.15) is 0 Å². The first-order valence-electron chi connectivity index (χ1n) is 5.19. The van der Waals surface area contributed by atoms with E-state index in [-0.39, 0.29) is 11.9 Å². The van der Waals surface area contributed by atoms with E-state index in [0.29, 0.717) is 6.42 Å². The third-order valence-electron chi connectivity index (χ3n) is 2.04. The molecule has 1 amide bonds. The minimum Gasteiger partial charge on any atom is -0.349 e. The van der Waals surface area contributed by atoms with Crippen LogP contribution in [0.15, 0.2) is 36.4 Å². The Kier molecular flexibility index (Phi) is 4.88. The first-order valence-corrected chi connectivity index (χ1v) is 5.19. The highest BCUT2D eigenvalue weighted by molar-refractivity contribution is 5.91. The summed E-state index contributed by atoms with van der Waals surface area (Å²) in [5.41, 5.74) is 1.00. The second kappa shape index (κ2) is 6.47. The molecular formula is C14H15NO. The number of hydrogen-bond donors (Lipinski definition) is 1. The molecule has 0 saturated carbocycles. The highest BCUT2D eigenvalue weighted by Gasteiger charge is 2.01. The third-order valence-corrected chi connectivity index (χ3v) is 2.04. The van der Waals surface area contributed by atoms with Crippen molar-refractivity contribution in [3.63, 3.8) is 0 Å². The predicted molar refractivity (Wildman–Crippen MR) is 66.5 cm³/mol. The zero-order valence-electron chi connectivity index (χ0n) is 9.31. The number of carbonyl (C=O) groups is 1. The second-order valence-corrected chi connectivity index (χ2v) is 3.56. The van der Waals surface area contributed by atoms with Gasteiger partial charge in [0.2, 0.25) is 5.91 Å². The Labute approximate surface area is 96.4 Å². The van der Waals surface area contributed by atoms with Crippen molar-refractivity contribution < 1.29 is 4.79 Å². The van der Waals surface area contributed by atoms with Gasteiger partial charge in [0, 0.05) is 18.5 Å². The van der Waals surface area contributed by atoms with Crippen molar-refractivity contribution in [2.24, 2.45) is 0 Å². The maximum Gasteiger partial charge on any atom is 0.244 e. The van der Waals surface area contributed by atoms with Crippen molar-refractivity contribution in [1.29, 1.82) is 0 Å². The zero-order valence-corrected chi connectivity index (χ0v) is 9.31. The number of nitrogens with one attached hydrogen (secondary N) is 1. The number of benzene rings is 1. The van der Waals surface area contributed by atoms with Crippen LogP contribution in [0.2, 0.25) is 0 Å².